The lowest BCUT2D eigenvalue weighted by Gasteiger charge is -2.21. The summed E-state index contributed by atoms with van der Waals surface area (Å²) in [4.78, 5) is 0. The summed E-state index contributed by atoms with van der Waals surface area (Å²) < 4.78 is 11.6. The zero-order valence-electron chi connectivity index (χ0n) is 9.23. The van der Waals surface area contributed by atoms with Crippen LogP contribution in [0.3, 0.4) is 0 Å². The number of hydrogen-bond donors (Lipinski definition) is 0. The molecule has 0 fully saturated rings. The van der Waals surface area contributed by atoms with Crippen molar-refractivity contribution in [2.45, 2.75) is 51.2 Å². The van der Waals surface area contributed by atoms with Crippen molar-refractivity contribution in [3.63, 3.8) is 0 Å². The molecule has 0 aromatic heterocycles. The summed E-state index contributed by atoms with van der Waals surface area (Å²) in [6.07, 6.45) is 0. The summed E-state index contributed by atoms with van der Waals surface area (Å²) in [5.74, 6) is 0.888. The van der Waals surface area contributed by atoms with Crippen LogP contribution in [0.2, 0.25) is 25.7 Å². The highest BCUT2D eigenvalue weighted by molar-refractivity contribution is 7.86. The van der Waals surface area contributed by atoms with Gasteiger partial charge in [-0.05, 0) is 26.8 Å². The molecule has 3 heteroatoms. The molecule has 0 aliphatic heterocycles. The Hall–Kier alpha value is 0.367. The Balaban J connectivity index is 3.90. The van der Waals surface area contributed by atoms with Gasteiger partial charge in [-0.2, -0.15) is 0 Å². The minimum absolute atomic E-state index is 0.0281. The fraction of sp³-hybridized carbons (Fsp3) is 1.00. The van der Waals surface area contributed by atoms with Crippen LogP contribution in [0.1, 0.15) is 20.8 Å². The second kappa shape index (κ2) is 4.05. The Morgan fingerprint density at radius 3 is 1.83 bits per heavy atom. The largest absolute Gasteiger partial charge is 0.259 e. The molecule has 0 aromatic carbocycles. The molecule has 12 heavy (non-hydrogen) atoms. The van der Waals surface area contributed by atoms with E-state index in [0.717, 1.165) is 5.75 Å². The molecule has 0 unspecified atom stereocenters. The summed E-state index contributed by atoms with van der Waals surface area (Å²) in [6, 6.07) is 1.18. The summed E-state index contributed by atoms with van der Waals surface area (Å²) >= 11 is 0. The molecule has 0 aromatic rings. The zero-order chi connectivity index (χ0) is 9.99. The van der Waals surface area contributed by atoms with Crippen molar-refractivity contribution in [2.75, 3.05) is 5.75 Å². The quantitative estimate of drug-likeness (QED) is 0.649. The SMILES string of the molecule is CC(C)(C)[S@](=O)CC[Si](C)(C)C. The summed E-state index contributed by atoms with van der Waals surface area (Å²) in [7, 11) is -1.64. The van der Waals surface area contributed by atoms with Crippen LogP contribution in [0, 0.1) is 0 Å². The van der Waals surface area contributed by atoms with E-state index in [1.807, 2.05) is 20.8 Å². The minimum atomic E-state index is -0.992. The zero-order valence-corrected chi connectivity index (χ0v) is 11.0. The highest BCUT2D eigenvalue weighted by atomic mass is 32.2. The maximum atomic E-state index is 11.6. The van der Waals surface area contributed by atoms with Gasteiger partial charge >= 0.3 is 0 Å². The van der Waals surface area contributed by atoms with Gasteiger partial charge in [-0.15, -0.1) is 0 Å². The molecule has 0 aliphatic rings. The molecule has 1 nitrogen and oxygen atoms in total. The molecular formula is C9H22OSSi. The van der Waals surface area contributed by atoms with Gasteiger partial charge in [-0.25, -0.2) is 0 Å². The van der Waals surface area contributed by atoms with Gasteiger partial charge in [0.05, 0.1) is 0 Å². The van der Waals surface area contributed by atoms with E-state index >= 15 is 0 Å². The third kappa shape index (κ3) is 5.95. The molecule has 0 spiro atoms. The van der Waals surface area contributed by atoms with E-state index < -0.39 is 18.9 Å². The van der Waals surface area contributed by atoms with Crippen molar-refractivity contribution in [1.29, 1.82) is 0 Å². The predicted molar refractivity (Wildman–Crippen MR) is 60.9 cm³/mol. The Bertz CT molecular complexity index is 164. The highest BCUT2D eigenvalue weighted by Crippen LogP contribution is 2.16. The molecule has 0 radical (unpaired) electrons. The lowest BCUT2D eigenvalue weighted by Crippen LogP contribution is -2.29. The van der Waals surface area contributed by atoms with Crippen molar-refractivity contribution in [2.24, 2.45) is 0 Å². The van der Waals surface area contributed by atoms with Crippen LogP contribution in [0.5, 0.6) is 0 Å². The normalized spacial score (nSPS) is 16.2. The Morgan fingerprint density at radius 2 is 1.58 bits per heavy atom. The van der Waals surface area contributed by atoms with E-state index in [-0.39, 0.29) is 4.75 Å². The standard InChI is InChI=1S/C9H22OSSi/c1-9(2,3)11(10)7-8-12(4,5)6/h7-8H2,1-6H3/t11-/m1/s1. The molecular weight excluding hydrogens is 184 g/mol. The van der Waals surface area contributed by atoms with Gasteiger partial charge in [-0.3, -0.25) is 4.21 Å². The van der Waals surface area contributed by atoms with Crippen LogP contribution < -0.4 is 0 Å². The monoisotopic (exact) mass is 206 g/mol. The molecule has 0 saturated heterocycles. The third-order valence-electron chi connectivity index (χ3n) is 1.72. The third-order valence-corrected chi connectivity index (χ3v) is 5.77. The van der Waals surface area contributed by atoms with Crippen LogP contribution >= 0.6 is 0 Å². The van der Waals surface area contributed by atoms with Crippen molar-refractivity contribution >= 4 is 18.9 Å². The Kier molecular flexibility index (Phi) is 4.17. The molecule has 1 atom stereocenters. The fourth-order valence-corrected chi connectivity index (χ4v) is 4.51. The second-order valence-corrected chi connectivity index (χ2v) is 13.4. The van der Waals surface area contributed by atoms with Gasteiger partial charge < -0.3 is 0 Å². The summed E-state index contributed by atoms with van der Waals surface area (Å²) in [5, 5.41) is 0. The van der Waals surface area contributed by atoms with E-state index in [1.165, 1.54) is 6.04 Å². The average molecular weight is 206 g/mol. The van der Waals surface area contributed by atoms with Crippen LogP contribution in [0.15, 0.2) is 0 Å². The first-order valence-corrected chi connectivity index (χ1v) is 9.54. The van der Waals surface area contributed by atoms with Crippen molar-refractivity contribution < 1.29 is 4.21 Å². The molecule has 0 saturated carbocycles. The molecule has 0 N–H and O–H groups in total. The molecule has 74 valence electrons. The molecule has 0 heterocycles. The van der Waals surface area contributed by atoms with E-state index in [4.69, 9.17) is 0 Å². The van der Waals surface area contributed by atoms with Crippen molar-refractivity contribution in [3.8, 4) is 0 Å². The van der Waals surface area contributed by atoms with Crippen LogP contribution in [-0.2, 0) is 10.8 Å². The van der Waals surface area contributed by atoms with Gasteiger partial charge in [-0.1, -0.05) is 19.6 Å². The predicted octanol–water partition coefficient (Wildman–Crippen LogP) is 2.87. The topological polar surface area (TPSA) is 17.1 Å². The van der Waals surface area contributed by atoms with Gasteiger partial charge in [0.2, 0.25) is 0 Å². The fourth-order valence-electron chi connectivity index (χ4n) is 0.705. The summed E-state index contributed by atoms with van der Waals surface area (Å²) in [5.41, 5.74) is 0. The maximum Gasteiger partial charge on any atom is 0.0451 e. The van der Waals surface area contributed by atoms with Gasteiger partial charge in [0.15, 0.2) is 0 Å². The van der Waals surface area contributed by atoms with E-state index in [1.54, 1.807) is 0 Å². The molecule has 0 bridgehead atoms. The highest BCUT2D eigenvalue weighted by Gasteiger charge is 2.22. The van der Waals surface area contributed by atoms with Crippen LogP contribution in [-0.4, -0.2) is 22.8 Å². The minimum Gasteiger partial charge on any atom is -0.259 e. The maximum absolute atomic E-state index is 11.6. The Morgan fingerprint density at radius 1 is 1.17 bits per heavy atom. The van der Waals surface area contributed by atoms with Gasteiger partial charge in [0.1, 0.15) is 0 Å². The van der Waals surface area contributed by atoms with E-state index in [9.17, 15) is 4.21 Å². The molecule has 0 amide bonds. The van der Waals surface area contributed by atoms with E-state index in [0.29, 0.717) is 0 Å². The molecule has 0 rings (SSSR count). The second-order valence-electron chi connectivity index (χ2n) is 5.47. The lowest BCUT2D eigenvalue weighted by atomic mass is 10.3. The van der Waals surface area contributed by atoms with E-state index in [2.05, 4.69) is 19.6 Å². The number of hydrogen-bond acceptors (Lipinski definition) is 1. The van der Waals surface area contributed by atoms with Crippen molar-refractivity contribution in [1.82, 2.24) is 0 Å². The van der Waals surface area contributed by atoms with Gasteiger partial charge in [0, 0.05) is 29.4 Å². The first kappa shape index (κ1) is 12.4. The smallest absolute Gasteiger partial charge is 0.0451 e. The first-order valence-electron chi connectivity index (χ1n) is 4.51. The van der Waals surface area contributed by atoms with Gasteiger partial charge in [0.25, 0.3) is 0 Å². The summed E-state index contributed by atoms with van der Waals surface area (Å²) in [6.45, 7) is 13.1. The van der Waals surface area contributed by atoms with Crippen LogP contribution in [0.25, 0.3) is 0 Å². The van der Waals surface area contributed by atoms with Crippen LogP contribution in [0.4, 0.5) is 0 Å². The average Bonchev–Trinajstić information content (AvgIpc) is 1.78. The molecule has 0 aliphatic carbocycles. The first-order chi connectivity index (χ1) is 5.13. The Labute approximate surface area is 80.4 Å². The number of rotatable bonds is 3. The lowest BCUT2D eigenvalue weighted by molar-refractivity contribution is 0.649. The van der Waals surface area contributed by atoms with Crippen molar-refractivity contribution in [3.05, 3.63) is 0 Å².